The van der Waals surface area contributed by atoms with E-state index >= 15 is 0 Å². The zero-order valence-corrected chi connectivity index (χ0v) is 16.5. The van der Waals surface area contributed by atoms with Crippen molar-refractivity contribution < 1.29 is 14.3 Å². The Labute approximate surface area is 164 Å². The molecule has 1 aliphatic heterocycles. The zero-order chi connectivity index (χ0) is 19.6. The minimum Gasteiger partial charge on any atom is -0.444 e. The minimum absolute atomic E-state index is 0.00519. The Morgan fingerprint density at radius 2 is 1.81 bits per heavy atom. The van der Waals surface area contributed by atoms with Crippen LogP contribution >= 0.6 is 11.6 Å². The molecule has 0 unspecified atom stereocenters. The fraction of sp³-hybridized carbons (Fsp3) is 0.333. The standard InChI is InChI=1S/C21H23ClN2O3/c1-21(2,3)27-20(26)23-11-12-24(19(25)14-23)16-8-6-7-15(13-16)17-9-4-5-10-18(17)22/h4-10,13H,11-12,14H2,1-3H3. The van der Waals surface area contributed by atoms with E-state index in [1.807, 2.05) is 69.3 Å². The highest BCUT2D eigenvalue weighted by molar-refractivity contribution is 6.33. The Balaban J connectivity index is 1.75. The molecule has 2 aromatic rings. The first-order chi connectivity index (χ1) is 12.7. The van der Waals surface area contributed by atoms with E-state index in [2.05, 4.69) is 0 Å². The second-order valence-corrected chi connectivity index (χ2v) is 7.88. The maximum Gasteiger partial charge on any atom is 0.410 e. The molecule has 0 saturated carbocycles. The molecule has 2 aromatic carbocycles. The first-order valence-corrected chi connectivity index (χ1v) is 9.26. The SMILES string of the molecule is CC(C)(C)OC(=O)N1CCN(c2cccc(-c3ccccc3Cl)c2)C(=O)C1. The predicted molar refractivity (Wildman–Crippen MR) is 107 cm³/mol. The molecule has 1 saturated heterocycles. The third kappa shape index (κ3) is 4.61. The molecule has 6 heteroatoms. The molecule has 27 heavy (non-hydrogen) atoms. The number of ether oxygens (including phenoxy) is 1. The summed E-state index contributed by atoms with van der Waals surface area (Å²) >= 11 is 6.29. The molecular formula is C21H23ClN2O3. The summed E-state index contributed by atoms with van der Waals surface area (Å²) in [5, 5.41) is 0.663. The number of piperazine rings is 1. The Bertz CT molecular complexity index is 861. The van der Waals surface area contributed by atoms with Gasteiger partial charge in [0.05, 0.1) is 0 Å². The molecule has 2 amide bonds. The number of halogens is 1. The van der Waals surface area contributed by atoms with Crippen molar-refractivity contribution in [3.8, 4) is 11.1 Å². The number of amides is 2. The third-order valence-corrected chi connectivity index (χ3v) is 4.54. The van der Waals surface area contributed by atoms with Gasteiger partial charge >= 0.3 is 6.09 Å². The van der Waals surface area contributed by atoms with Crippen LogP contribution in [-0.4, -0.2) is 42.1 Å². The summed E-state index contributed by atoms with van der Waals surface area (Å²) in [4.78, 5) is 28.0. The van der Waals surface area contributed by atoms with Gasteiger partial charge in [0.25, 0.3) is 0 Å². The van der Waals surface area contributed by atoms with Crippen molar-refractivity contribution in [1.29, 1.82) is 0 Å². The van der Waals surface area contributed by atoms with E-state index in [-0.39, 0.29) is 12.5 Å². The Kier molecular flexibility index (Phi) is 5.42. The van der Waals surface area contributed by atoms with E-state index in [9.17, 15) is 9.59 Å². The van der Waals surface area contributed by atoms with Gasteiger partial charge in [-0.25, -0.2) is 4.79 Å². The normalized spacial score (nSPS) is 15.0. The maximum atomic E-state index is 12.6. The summed E-state index contributed by atoms with van der Waals surface area (Å²) in [7, 11) is 0. The van der Waals surface area contributed by atoms with Gasteiger partial charge in [0, 0.05) is 29.4 Å². The van der Waals surface area contributed by atoms with Gasteiger partial charge in [0.2, 0.25) is 5.91 Å². The van der Waals surface area contributed by atoms with Crippen molar-refractivity contribution in [3.63, 3.8) is 0 Å². The first-order valence-electron chi connectivity index (χ1n) is 8.88. The van der Waals surface area contributed by atoms with Gasteiger partial charge in [-0.1, -0.05) is 41.9 Å². The van der Waals surface area contributed by atoms with E-state index < -0.39 is 11.7 Å². The van der Waals surface area contributed by atoms with E-state index in [0.717, 1.165) is 16.8 Å². The monoisotopic (exact) mass is 386 g/mol. The van der Waals surface area contributed by atoms with Gasteiger partial charge in [-0.3, -0.25) is 9.69 Å². The Hall–Kier alpha value is -2.53. The van der Waals surface area contributed by atoms with Gasteiger partial charge < -0.3 is 9.64 Å². The number of hydrogen-bond acceptors (Lipinski definition) is 3. The van der Waals surface area contributed by atoms with Crippen LogP contribution in [0.2, 0.25) is 5.02 Å². The van der Waals surface area contributed by atoms with E-state index in [1.165, 1.54) is 4.90 Å². The lowest BCUT2D eigenvalue weighted by molar-refractivity contribution is -0.121. The van der Waals surface area contributed by atoms with Crippen LogP contribution in [0.25, 0.3) is 11.1 Å². The summed E-state index contributed by atoms with van der Waals surface area (Å²) in [6.45, 7) is 6.28. The molecule has 0 atom stereocenters. The van der Waals surface area contributed by atoms with Crippen molar-refractivity contribution >= 4 is 29.3 Å². The minimum atomic E-state index is -0.583. The maximum absolute atomic E-state index is 12.6. The summed E-state index contributed by atoms with van der Waals surface area (Å²) in [6, 6.07) is 15.3. The molecule has 1 fully saturated rings. The van der Waals surface area contributed by atoms with Crippen LogP contribution in [0.3, 0.4) is 0 Å². The van der Waals surface area contributed by atoms with Gasteiger partial charge in [-0.2, -0.15) is 0 Å². The van der Waals surface area contributed by atoms with Crippen LogP contribution in [0.1, 0.15) is 20.8 Å². The summed E-state index contributed by atoms with van der Waals surface area (Å²) in [6.07, 6.45) is -0.458. The smallest absolute Gasteiger partial charge is 0.410 e. The average Bonchev–Trinajstić information content (AvgIpc) is 2.60. The highest BCUT2D eigenvalue weighted by Crippen LogP contribution is 2.30. The number of hydrogen-bond donors (Lipinski definition) is 0. The van der Waals surface area contributed by atoms with Crippen molar-refractivity contribution in [2.75, 3.05) is 24.5 Å². The molecule has 1 heterocycles. The zero-order valence-electron chi connectivity index (χ0n) is 15.7. The van der Waals surface area contributed by atoms with Crippen molar-refractivity contribution in [1.82, 2.24) is 4.90 Å². The molecule has 142 valence electrons. The lowest BCUT2D eigenvalue weighted by Crippen LogP contribution is -2.53. The van der Waals surface area contributed by atoms with Crippen LogP contribution in [0, 0.1) is 0 Å². The average molecular weight is 387 g/mol. The molecule has 0 N–H and O–H groups in total. The van der Waals surface area contributed by atoms with E-state index in [1.54, 1.807) is 4.90 Å². The molecule has 5 nitrogen and oxygen atoms in total. The first kappa shape index (κ1) is 19.2. The van der Waals surface area contributed by atoms with Crippen LogP contribution in [-0.2, 0) is 9.53 Å². The van der Waals surface area contributed by atoms with Gasteiger partial charge in [-0.05, 0) is 44.5 Å². The third-order valence-electron chi connectivity index (χ3n) is 4.22. The van der Waals surface area contributed by atoms with Crippen molar-refractivity contribution in [2.45, 2.75) is 26.4 Å². The highest BCUT2D eigenvalue weighted by atomic mass is 35.5. The Morgan fingerprint density at radius 3 is 2.48 bits per heavy atom. The largest absolute Gasteiger partial charge is 0.444 e. The highest BCUT2D eigenvalue weighted by Gasteiger charge is 2.31. The molecule has 3 rings (SSSR count). The summed E-state index contributed by atoms with van der Waals surface area (Å²) in [5.74, 6) is -0.136. The fourth-order valence-electron chi connectivity index (χ4n) is 2.97. The number of benzene rings is 2. The van der Waals surface area contributed by atoms with Crippen molar-refractivity contribution in [2.24, 2.45) is 0 Å². The number of rotatable bonds is 2. The van der Waals surface area contributed by atoms with Crippen molar-refractivity contribution in [3.05, 3.63) is 53.6 Å². The lowest BCUT2D eigenvalue weighted by Gasteiger charge is -2.35. The quantitative estimate of drug-likeness (QED) is 0.758. The lowest BCUT2D eigenvalue weighted by atomic mass is 10.0. The molecular weight excluding hydrogens is 364 g/mol. The molecule has 1 aliphatic rings. The van der Waals surface area contributed by atoms with Crippen LogP contribution in [0.15, 0.2) is 48.5 Å². The van der Waals surface area contributed by atoms with E-state index in [4.69, 9.17) is 16.3 Å². The molecule has 0 radical (unpaired) electrons. The molecule has 0 spiro atoms. The van der Waals surface area contributed by atoms with Crippen LogP contribution < -0.4 is 4.90 Å². The second-order valence-electron chi connectivity index (χ2n) is 7.48. The number of carbonyl (C=O) groups excluding carboxylic acids is 2. The molecule has 0 bridgehead atoms. The second kappa shape index (κ2) is 7.61. The number of nitrogens with zero attached hydrogens (tertiary/aromatic N) is 2. The van der Waals surface area contributed by atoms with Crippen LogP contribution in [0.4, 0.5) is 10.5 Å². The number of anilines is 1. The van der Waals surface area contributed by atoms with Gasteiger partial charge in [0.1, 0.15) is 12.1 Å². The topological polar surface area (TPSA) is 49.9 Å². The Morgan fingerprint density at radius 1 is 1.07 bits per heavy atom. The molecule has 0 aromatic heterocycles. The van der Waals surface area contributed by atoms with Crippen LogP contribution in [0.5, 0.6) is 0 Å². The van der Waals surface area contributed by atoms with Gasteiger partial charge in [-0.15, -0.1) is 0 Å². The fourth-order valence-corrected chi connectivity index (χ4v) is 3.21. The van der Waals surface area contributed by atoms with E-state index in [0.29, 0.717) is 18.1 Å². The number of carbonyl (C=O) groups is 2. The summed E-state index contributed by atoms with van der Waals surface area (Å²) in [5.41, 5.74) is 2.07. The molecule has 0 aliphatic carbocycles. The van der Waals surface area contributed by atoms with Gasteiger partial charge in [0.15, 0.2) is 0 Å². The predicted octanol–water partition coefficient (Wildman–Crippen LogP) is 4.59. The summed E-state index contributed by atoms with van der Waals surface area (Å²) < 4.78 is 5.36.